The first-order valence-corrected chi connectivity index (χ1v) is 6.99. The molecule has 0 aromatic carbocycles. The third-order valence-electron chi connectivity index (χ3n) is 3.94. The van der Waals surface area contributed by atoms with Gasteiger partial charge in [-0.1, -0.05) is 12.8 Å². The molecule has 2 saturated heterocycles. The summed E-state index contributed by atoms with van der Waals surface area (Å²) >= 11 is 0. The van der Waals surface area contributed by atoms with Gasteiger partial charge in [0.2, 0.25) is 0 Å². The molecule has 2 aliphatic heterocycles. The quantitative estimate of drug-likeness (QED) is 0.679. The molecule has 0 amide bonds. The van der Waals surface area contributed by atoms with Crippen molar-refractivity contribution in [3.8, 4) is 0 Å². The number of rotatable bonds is 4. The molecule has 3 N–H and O–H groups in total. The van der Waals surface area contributed by atoms with Crippen LogP contribution in [0, 0.1) is 0 Å². The van der Waals surface area contributed by atoms with E-state index < -0.39 is 0 Å². The molecule has 0 aromatic heterocycles. The highest BCUT2D eigenvalue weighted by molar-refractivity contribution is 4.80. The van der Waals surface area contributed by atoms with Crippen molar-refractivity contribution < 1.29 is 5.11 Å². The first kappa shape index (κ1) is 12.3. The van der Waals surface area contributed by atoms with Crippen LogP contribution in [0.2, 0.25) is 0 Å². The highest BCUT2D eigenvalue weighted by Gasteiger charge is 2.21. The van der Waals surface area contributed by atoms with Gasteiger partial charge in [-0.05, 0) is 51.6 Å². The average molecular weight is 226 g/mol. The minimum Gasteiger partial charge on any atom is -0.393 e. The van der Waals surface area contributed by atoms with E-state index in [0.29, 0.717) is 12.1 Å². The summed E-state index contributed by atoms with van der Waals surface area (Å²) < 4.78 is 0. The maximum absolute atomic E-state index is 10.1. The molecule has 2 heterocycles. The van der Waals surface area contributed by atoms with Crippen molar-refractivity contribution >= 4 is 0 Å². The molecule has 0 saturated carbocycles. The van der Waals surface area contributed by atoms with E-state index in [2.05, 4.69) is 10.6 Å². The number of hydrogen-bond acceptors (Lipinski definition) is 3. The van der Waals surface area contributed by atoms with Gasteiger partial charge in [0.15, 0.2) is 0 Å². The predicted molar refractivity (Wildman–Crippen MR) is 66.5 cm³/mol. The number of aliphatic hydroxyl groups excluding tert-OH is 1. The Morgan fingerprint density at radius 1 is 0.875 bits per heavy atom. The van der Waals surface area contributed by atoms with Gasteiger partial charge in [-0.15, -0.1) is 0 Å². The fourth-order valence-corrected chi connectivity index (χ4v) is 3.00. The monoisotopic (exact) mass is 226 g/mol. The van der Waals surface area contributed by atoms with Gasteiger partial charge in [0.05, 0.1) is 6.10 Å². The summed E-state index contributed by atoms with van der Waals surface area (Å²) in [5, 5.41) is 17.1. The van der Waals surface area contributed by atoms with Gasteiger partial charge < -0.3 is 15.7 Å². The molecular formula is C13H26N2O. The van der Waals surface area contributed by atoms with Crippen LogP contribution in [0.15, 0.2) is 0 Å². The highest BCUT2D eigenvalue weighted by atomic mass is 16.3. The SMILES string of the molecule is OC(CC1CCCCN1)CC1CCCCN1. The Bertz CT molecular complexity index is 166. The van der Waals surface area contributed by atoms with E-state index in [-0.39, 0.29) is 6.10 Å². The first-order chi connectivity index (χ1) is 7.84. The van der Waals surface area contributed by atoms with Gasteiger partial charge in [0, 0.05) is 12.1 Å². The van der Waals surface area contributed by atoms with Crippen molar-refractivity contribution in [3.63, 3.8) is 0 Å². The Kier molecular flexibility index (Phi) is 5.07. The second kappa shape index (κ2) is 6.58. The van der Waals surface area contributed by atoms with E-state index >= 15 is 0 Å². The normalized spacial score (nSPS) is 33.6. The van der Waals surface area contributed by atoms with Gasteiger partial charge in [-0.2, -0.15) is 0 Å². The second-order valence-corrected chi connectivity index (χ2v) is 5.42. The second-order valence-electron chi connectivity index (χ2n) is 5.42. The molecule has 0 radical (unpaired) electrons. The Morgan fingerprint density at radius 2 is 1.38 bits per heavy atom. The molecule has 3 nitrogen and oxygen atoms in total. The lowest BCUT2D eigenvalue weighted by Gasteiger charge is -2.29. The number of piperidine rings is 2. The maximum Gasteiger partial charge on any atom is 0.0569 e. The van der Waals surface area contributed by atoms with Crippen molar-refractivity contribution in [1.82, 2.24) is 10.6 Å². The molecule has 94 valence electrons. The van der Waals surface area contributed by atoms with Crippen LogP contribution in [0.4, 0.5) is 0 Å². The molecule has 16 heavy (non-hydrogen) atoms. The topological polar surface area (TPSA) is 44.3 Å². The van der Waals surface area contributed by atoms with Crippen LogP contribution in [0.25, 0.3) is 0 Å². The van der Waals surface area contributed by atoms with E-state index in [9.17, 15) is 5.11 Å². The molecule has 0 aliphatic carbocycles. The maximum atomic E-state index is 10.1. The van der Waals surface area contributed by atoms with Gasteiger partial charge >= 0.3 is 0 Å². The van der Waals surface area contributed by atoms with E-state index in [1.165, 1.54) is 38.5 Å². The third kappa shape index (κ3) is 4.04. The van der Waals surface area contributed by atoms with E-state index in [1.54, 1.807) is 0 Å². The Morgan fingerprint density at radius 3 is 1.75 bits per heavy atom. The summed E-state index contributed by atoms with van der Waals surface area (Å²) in [6, 6.07) is 1.12. The van der Waals surface area contributed by atoms with E-state index in [1.807, 2.05) is 0 Å². The van der Waals surface area contributed by atoms with Gasteiger partial charge in [0.1, 0.15) is 0 Å². The van der Waals surface area contributed by atoms with Crippen LogP contribution in [0.5, 0.6) is 0 Å². The van der Waals surface area contributed by atoms with Crippen molar-refractivity contribution in [3.05, 3.63) is 0 Å². The molecule has 2 rings (SSSR count). The molecule has 0 bridgehead atoms. The summed E-state index contributed by atoms with van der Waals surface area (Å²) in [6.45, 7) is 2.28. The molecule has 2 fully saturated rings. The van der Waals surface area contributed by atoms with Gasteiger partial charge in [0.25, 0.3) is 0 Å². The number of hydrogen-bond donors (Lipinski definition) is 3. The number of nitrogens with one attached hydrogen (secondary N) is 2. The van der Waals surface area contributed by atoms with E-state index in [0.717, 1.165) is 25.9 Å². The van der Waals surface area contributed by atoms with Crippen LogP contribution in [0.1, 0.15) is 51.4 Å². The predicted octanol–water partition coefficient (Wildman–Crippen LogP) is 1.41. The highest BCUT2D eigenvalue weighted by Crippen LogP contribution is 2.17. The van der Waals surface area contributed by atoms with Crippen molar-refractivity contribution in [2.24, 2.45) is 0 Å². The zero-order chi connectivity index (χ0) is 11.2. The lowest BCUT2D eigenvalue weighted by Crippen LogP contribution is -2.40. The van der Waals surface area contributed by atoms with Crippen LogP contribution >= 0.6 is 0 Å². The van der Waals surface area contributed by atoms with Gasteiger partial charge in [-0.25, -0.2) is 0 Å². The zero-order valence-corrected chi connectivity index (χ0v) is 10.3. The molecule has 3 heteroatoms. The average Bonchev–Trinajstić information content (AvgIpc) is 2.31. The standard InChI is InChI=1S/C13H26N2O/c16-13(9-11-5-1-3-7-14-11)10-12-6-2-4-8-15-12/h11-16H,1-10H2. The minimum atomic E-state index is -0.119. The largest absolute Gasteiger partial charge is 0.393 e. The third-order valence-corrected chi connectivity index (χ3v) is 3.94. The van der Waals surface area contributed by atoms with Crippen LogP contribution in [-0.4, -0.2) is 36.4 Å². The number of aliphatic hydroxyl groups is 1. The molecular weight excluding hydrogens is 200 g/mol. The van der Waals surface area contributed by atoms with Gasteiger partial charge in [-0.3, -0.25) is 0 Å². The summed E-state index contributed by atoms with van der Waals surface area (Å²) in [6.07, 6.45) is 9.51. The van der Waals surface area contributed by atoms with Crippen LogP contribution in [0.3, 0.4) is 0 Å². The van der Waals surface area contributed by atoms with Crippen LogP contribution < -0.4 is 10.6 Å². The summed E-state index contributed by atoms with van der Waals surface area (Å²) in [4.78, 5) is 0. The molecule has 0 aromatic rings. The Balaban J connectivity index is 1.64. The van der Waals surface area contributed by atoms with E-state index in [4.69, 9.17) is 0 Å². The lowest BCUT2D eigenvalue weighted by atomic mass is 9.93. The Labute approximate surface area is 99.0 Å². The van der Waals surface area contributed by atoms with Crippen molar-refractivity contribution in [2.45, 2.75) is 69.6 Å². The minimum absolute atomic E-state index is 0.119. The molecule has 2 aliphatic rings. The smallest absolute Gasteiger partial charge is 0.0569 e. The summed E-state index contributed by atoms with van der Waals surface area (Å²) in [7, 11) is 0. The summed E-state index contributed by atoms with van der Waals surface area (Å²) in [5.41, 5.74) is 0. The fourth-order valence-electron chi connectivity index (χ4n) is 3.00. The fraction of sp³-hybridized carbons (Fsp3) is 1.00. The molecule has 2 atom stereocenters. The molecule has 2 unspecified atom stereocenters. The van der Waals surface area contributed by atoms with Crippen molar-refractivity contribution in [1.29, 1.82) is 0 Å². The lowest BCUT2D eigenvalue weighted by molar-refractivity contribution is 0.117. The van der Waals surface area contributed by atoms with Crippen LogP contribution in [-0.2, 0) is 0 Å². The van der Waals surface area contributed by atoms with Crippen molar-refractivity contribution in [2.75, 3.05) is 13.1 Å². The Hall–Kier alpha value is -0.120. The molecule has 0 spiro atoms. The first-order valence-electron chi connectivity index (χ1n) is 6.99. The zero-order valence-electron chi connectivity index (χ0n) is 10.3. The summed E-state index contributed by atoms with van der Waals surface area (Å²) in [5.74, 6) is 0.